The van der Waals surface area contributed by atoms with Crippen molar-refractivity contribution in [3.8, 4) is 5.75 Å². The van der Waals surface area contributed by atoms with Gasteiger partial charge in [0.25, 0.3) is 0 Å². The molecule has 142 valence electrons. The molecule has 1 aromatic carbocycles. The highest BCUT2D eigenvalue weighted by Crippen LogP contribution is 2.56. The van der Waals surface area contributed by atoms with Crippen LogP contribution in [0.1, 0.15) is 25.5 Å². The predicted octanol–water partition coefficient (Wildman–Crippen LogP) is 1.52. The molecule has 4 N–H and O–H groups in total. The minimum Gasteiger partial charge on any atom is -0.508 e. The van der Waals surface area contributed by atoms with E-state index in [1.54, 1.807) is 43.1 Å². The highest BCUT2D eigenvalue weighted by Gasteiger charge is 2.65. The Bertz CT molecular complexity index is 729. The van der Waals surface area contributed by atoms with Crippen molar-refractivity contribution in [2.45, 2.75) is 39.6 Å². The number of benzene rings is 1. The number of nitrogens with zero attached hydrogens (tertiary/aromatic N) is 1. The maximum Gasteiger partial charge on any atom is 0.322 e. The Morgan fingerprint density at radius 2 is 1.96 bits per heavy atom. The molecule has 0 bridgehead atoms. The summed E-state index contributed by atoms with van der Waals surface area (Å²) in [6, 6.07) is 5.39. The van der Waals surface area contributed by atoms with Crippen molar-refractivity contribution in [3.05, 3.63) is 29.8 Å². The van der Waals surface area contributed by atoms with Gasteiger partial charge in [0.05, 0.1) is 5.37 Å². The van der Waals surface area contributed by atoms with Crippen molar-refractivity contribution in [1.29, 1.82) is 0 Å². The van der Waals surface area contributed by atoms with Crippen molar-refractivity contribution in [1.82, 2.24) is 15.5 Å². The monoisotopic (exact) mass is 491 g/mol. The molecule has 1 amide bonds. The Morgan fingerprint density at radius 1 is 1.35 bits per heavy atom. The number of hydrogen-bond acceptors (Lipinski definition) is 6. The van der Waals surface area contributed by atoms with E-state index in [1.165, 1.54) is 0 Å². The Hall–Kier alpha value is -1.04. The summed E-state index contributed by atoms with van der Waals surface area (Å²) in [6.45, 7) is 4.35. The third kappa shape index (κ3) is 3.30. The third-order valence-electron chi connectivity index (χ3n) is 4.85. The van der Waals surface area contributed by atoms with Gasteiger partial charge in [-0.1, -0.05) is 34.7 Å². The number of thioether (sulfide) groups is 1. The first-order valence-electron chi connectivity index (χ1n) is 8.22. The number of fused-ring (bicyclic) bond motifs is 1. The SMILES string of the molecule is CNC(C(=O)NC1(I)CN2C(C(=O)O)C(C)(C)S[C@@H]21)c1ccc(O)cc1. The fraction of sp³-hybridized carbons (Fsp3) is 0.529. The lowest BCUT2D eigenvalue weighted by Gasteiger charge is -2.51. The first-order valence-corrected chi connectivity index (χ1v) is 10.2. The lowest BCUT2D eigenvalue weighted by atomic mass is 9.96. The Morgan fingerprint density at radius 3 is 2.50 bits per heavy atom. The van der Waals surface area contributed by atoms with Gasteiger partial charge in [0, 0.05) is 11.3 Å². The molecule has 2 fully saturated rings. The molecule has 3 unspecified atom stereocenters. The number of rotatable bonds is 5. The van der Waals surface area contributed by atoms with Crippen LogP contribution in [-0.4, -0.2) is 60.3 Å². The van der Waals surface area contributed by atoms with Gasteiger partial charge in [0.2, 0.25) is 5.91 Å². The zero-order valence-corrected chi connectivity index (χ0v) is 17.7. The van der Waals surface area contributed by atoms with E-state index in [1.807, 2.05) is 18.7 Å². The Labute approximate surface area is 170 Å². The number of amides is 1. The van der Waals surface area contributed by atoms with Crippen LogP contribution in [-0.2, 0) is 9.59 Å². The number of carbonyl (C=O) groups excluding carboxylic acids is 1. The zero-order chi connectivity index (χ0) is 19.3. The molecule has 0 aromatic heterocycles. The summed E-state index contributed by atoms with van der Waals surface area (Å²) in [5, 5.41) is 25.0. The molecule has 2 aliphatic rings. The second-order valence-corrected chi connectivity index (χ2v) is 10.8. The average Bonchev–Trinajstić information content (AvgIpc) is 2.77. The maximum atomic E-state index is 12.8. The molecule has 4 atom stereocenters. The van der Waals surface area contributed by atoms with E-state index in [0.717, 1.165) is 5.56 Å². The van der Waals surface area contributed by atoms with Crippen LogP contribution in [0.4, 0.5) is 0 Å². The highest BCUT2D eigenvalue weighted by molar-refractivity contribution is 14.1. The van der Waals surface area contributed by atoms with E-state index >= 15 is 0 Å². The van der Waals surface area contributed by atoms with Crippen LogP contribution in [0, 0.1) is 0 Å². The number of carboxylic acids is 1. The molecule has 2 saturated heterocycles. The van der Waals surface area contributed by atoms with Gasteiger partial charge in [-0.05, 0) is 38.6 Å². The molecular formula is C17H22IN3O4S. The maximum absolute atomic E-state index is 12.8. The number of nitrogens with one attached hydrogen (secondary N) is 2. The molecule has 3 rings (SSSR count). The molecule has 9 heteroatoms. The van der Waals surface area contributed by atoms with Crippen LogP contribution in [0.5, 0.6) is 5.75 Å². The van der Waals surface area contributed by atoms with Crippen LogP contribution in [0.2, 0.25) is 0 Å². The summed E-state index contributed by atoms with van der Waals surface area (Å²) in [7, 11) is 1.71. The lowest BCUT2D eigenvalue weighted by Crippen LogP contribution is -2.73. The van der Waals surface area contributed by atoms with Crippen LogP contribution in [0.15, 0.2) is 24.3 Å². The quantitative estimate of drug-likeness (QED) is 0.282. The molecule has 0 saturated carbocycles. The summed E-state index contributed by atoms with van der Waals surface area (Å²) in [6.07, 6.45) is 0. The summed E-state index contributed by atoms with van der Waals surface area (Å²) in [5.74, 6) is -0.857. The smallest absolute Gasteiger partial charge is 0.322 e. The van der Waals surface area contributed by atoms with Gasteiger partial charge in [-0.3, -0.25) is 14.5 Å². The second kappa shape index (κ2) is 6.84. The van der Waals surface area contributed by atoms with Crippen molar-refractivity contribution in [2.24, 2.45) is 0 Å². The summed E-state index contributed by atoms with van der Waals surface area (Å²) in [5.41, 5.74) is 0.752. The zero-order valence-electron chi connectivity index (χ0n) is 14.7. The average molecular weight is 491 g/mol. The number of aromatic hydroxyl groups is 1. The van der Waals surface area contributed by atoms with E-state index in [-0.39, 0.29) is 17.0 Å². The van der Waals surface area contributed by atoms with E-state index < -0.39 is 26.3 Å². The van der Waals surface area contributed by atoms with Gasteiger partial charge in [-0.25, -0.2) is 0 Å². The van der Waals surface area contributed by atoms with Crippen molar-refractivity contribution >= 4 is 46.2 Å². The van der Waals surface area contributed by atoms with E-state index in [2.05, 4.69) is 33.2 Å². The molecular weight excluding hydrogens is 469 g/mol. The second-order valence-electron chi connectivity index (χ2n) is 7.15. The molecule has 26 heavy (non-hydrogen) atoms. The first-order chi connectivity index (χ1) is 12.1. The van der Waals surface area contributed by atoms with Crippen LogP contribution in [0.3, 0.4) is 0 Å². The molecule has 7 nitrogen and oxygen atoms in total. The van der Waals surface area contributed by atoms with Gasteiger partial charge in [0.1, 0.15) is 21.4 Å². The lowest BCUT2D eigenvalue weighted by molar-refractivity contribution is -0.146. The fourth-order valence-electron chi connectivity index (χ4n) is 3.65. The van der Waals surface area contributed by atoms with Crippen molar-refractivity contribution < 1.29 is 19.8 Å². The number of carbonyl (C=O) groups is 2. The van der Waals surface area contributed by atoms with Gasteiger partial charge >= 0.3 is 5.97 Å². The third-order valence-corrected chi connectivity index (χ3v) is 8.20. The van der Waals surface area contributed by atoms with Crippen LogP contribution in [0.25, 0.3) is 0 Å². The predicted molar refractivity (Wildman–Crippen MR) is 108 cm³/mol. The van der Waals surface area contributed by atoms with Gasteiger partial charge < -0.3 is 20.8 Å². The van der Waals surface area contributed by atoms with Crippen molar-refractivity contribution in [3.63, 3.8) is 0 Å². The summed E-state index contributed by atoms with van der Waals surface area (Å²) < 4.78 is -0.944. The molecule has 0 radical (unpaired) electrons. The largest absolute Gasteiger partial charge is 0.508 e. The molecule has 1 aromatic rings. The summed E-state index contributed by atoms with van der Waals surface area (Å²) >= 11 is 3.82. The Kier molecular flexibility index (Phi) is 5.19. The van der Waals surface area contributed by atoms with Crippen LogP contribution >= 0.6 is 34.4 Å². The normalized spacial score (nSPS) is 30.9. The number of phenolic OH excluding ortho intramolecular Hbond substituents is 1. The molecule has 2 heterocycles. The van der Waals surface area contributed by atoms with Gasteiger partial charge in [0.15, 0.2) is 0 Å². The number of alkyl halides is 1. The van der Waals surface area contributed by atoms with E-state index in [9.17, 15) is 19.8 Å². The number of phenols is 1. The minimum absolute atomic E-state index is 0.0829. The number of hydrogen-bond donors (Lipinski definition) is 4. The fourth-order valence-corrected chi connectivity index (χ4v) is 6.64. The van der Waals surface area contributed by atoms with E-state index in [0.29, 0.717) is 6.54 Å². The van der Waals surface area contributed by atoms with Crippen molar-refractivity contribution in [2.75, 3.05) is 13.6 Å². The van der Waals surface area contributed by atoms with E-state index in [4.69, 9.17) is 0 Å². The topological polar surface area (TPSA) is 102 Å². The standard InChI is InChI=1S/C17H22IN3O4S/c1-16(2)12(14(24)25)21-8-17(18,15(21)26-16)20-13(23)11(19-3)9-4-6-10(22)7-5-9/h4-7,11-12,15,19,22H,8H2,1-3H3,(H,20,23)(H,24,25)/t11?,12?,15-,17?/m1/s1. The molecule has 0 aliphatic carbocycles. The molecule has 0 spiro atoms. The molecule has 2 aliphatic heterocycles. The number of likely N-dealkylation sites (N-methyl/N-ethyl adjacent to an activating group) is 1. The van der Waals surface area contributed by atoms with Crippen LogP contribution < -0.4 is 10.6 Å². The Balaban J connectivity index is 1.74. The minimum atomic E-state index is -0.827. The number of aliphatic carboxylic acids is 1. The highest BCUT2D eigenvalue weighted by atomic mass is 127. The first kappa shape index (κ1) is 19.7. The van der Waals surface area contributed by atoms with Gasteiger partial charge in [-0.15, -0.1) is 11.8 Å². The number of halogens is 1. The van der Waals surface area contributed by atoms with Gasteiger partial charge in [-0.2, -0.15) is 0 Å². The number of carboxylic acid groups (broad SMARTS) is 1. The summed E-state index contributed by atoms with van der Waals surface area (Å²) in [4.78, 5) is 26.4.